The Bertz CT molecular complexity index is 862. The van der Waals surface area contributed by atoms with E-state index in [0.717, 1.165) is 49.7 Å². The summed E-state index contributed by atoms with van der Waals surface area (Å²) in [5.74, 6) is -0.571. The highest BCUT2D eigenvalue weighted by Crippen LogP contribution is 2.32. The van der Waals surface area contributed by atoms with E-state index in [-0.39, 0.29) is 12.1 Å². The Morgan fingerprint density at radius 3 is 2.33 bits per heavy atom. The lowest BCUT2D eigenvalue weighted by Gasteiger charge is -2.28. The monoisotopic (exact) mass is 424 g/mol. The minimum atomic E-state index is -4.63. The van der Waals surface area contributed by atoms with E-state index in [1.807, 2.05) is 24.3 Å². The maximum Gasteiger partial charge on any atom is 0.416 e. The molecule has 0 aromatic heterocycles. The van der Waals surface area contributed by atoms with E-state index in [9.17, 15) is 17.6 Å². The molecule has 3 rings (SSSR count). The fourth-order valence-electron chi connectivity index (χ4n) is 3.20. The smallest absolute Gasteiger partial charge is 0.378 e. The summed E-state index contributed by atoms with van der Waals surface area (Å²) in [5, 5.41) is 5.92. The van der Waals surface area contributed by atoms with Gasteiger partial charge in [0.1, 0.15) is 5.82 Å². The predicted octanol–water partition coefficient (Wildman–Crippen LogP) is 3.55. The van der Waals surface area contributed by atoms with Gasteiger partial charge in [-0.25, -0.2) is 4.39 Å². The average Bonchev–Trinajstić information content (AvgIpc) is 2.75. The predicted molar refractivity (Wildman–Crippen MR) is 108 cm³/mol. The third-order valence-electron chi connectivity index (χ3n) is 4.82. The first-order valence-corrected chi connectivity index (χ1v) is 9.58. The lowest BCUT2D eigenvalue weighted by atomic mass is 10.1. The lowest BCUT2D eigenvalue weighted by Crippen LogP contribution is -2.37. The van der Waals surface area contributed by atoms with Gasteiger partial charge in [0, 0.05) is 38.9 Å². The van der Waals surface area contributed by atoms with Crippen LogP contribution in [-0.4, -0.2) is 39.3 Å². The van der Waals surface area contributed by atoms with Crippen LogP contribution in [0, 0.1) is 5.82 Å². The molecule has 5 nitrogen and oxygen atoms in total. The molecule has 1 saturated heterocycles. The summed E-state index contributed by atoms with van der Waals surface area (Å²) in [4.78, 5) is 6.29. The lowest BCUT2D eigenvalue weighted by molar-refractivity contribution is -0.138. The van der Waals surface area contributed by atoms with Crippen LogP contribution in [0.2, 0.25) is 0 Å². The van der Waals surface area contributed by atoms with E-state index >= 15 is 0 Å². The van der Waals surface area contributed by atoms with Crippen molar-refractivity contribution in [1.82, 2.24) is 10.6 Å². The van der Waals surface area contributed by atoms with E-state index in [1.165, 1.54) is 7.05 Å². The molecule has 0 aliphatic carbocycles. The normalized spacial score (nSPS) is 15.2. The van der Waals surface area contributed by atoms with Crippen LogP contribution >= 0.6 is 0 Å². The van der Waals surface area contributed by atoms with Gasteiger partial charge in [0.15, 0.2) is 5.96 Å². The first kappa shape index (κ1) is 21.9. The molecule has 1 heterocycles. The molecule has 2 aromatic rings. The van der Waals surface area contributed by atoms with Crippen molar-refractivity contribution < 1.29 is 22.3 Å². The number of alkyl halides is 3. The van der Waals surface area contributed by atoms with Crippen molar-refractivity contribution in [3.05, 3.63) is 65.0 Å². The fourth-order valence-corrected chi connectivity index (χ4v) is 3.20. The minimum Gasteiger partial charge on any atom is -0.378 e. The molecule has 0 bridgehead atoms. The second-order valence-corrected chi connectivity index (χ2v) is 6.84. The Morgan fingerprint density at radius 2 is 1.70 bits per heavy atom. The quantitative estimate of drug-likeness (QED) is 0.438. The van der Waals surface area contributed by atoms with Gasteiger partial charge in [0.2, 0.25) is 0 Å². The standard InChI is InChI=1S/C21H24F4N4O/c1-26-20(28-14-16-4-5-17(22)12-19(16)21(23,24)25)27-13-15-2-6-18(7-3-15)29-8-10-30-11-9-29/h2-7,12H,8-11,13-14H2,1H3,(H2,26,27,28). The Morgan fingerprint density at radius 1 is 1.03 bits per heavy atom. The zero-order chi connectivity index (χ0) is 21.6. The van der Waals surface area contributed by atoms with Gasteiger partial charge >= 0.3 is 6.18 Å². The number of anilines is 1. The second kappa shape index (κ2) is 9.80. The summed E-state index contributed by atoms with van der Waals surface area (Å²) in [6.45, 7) is 3.48. The molecule has 0 atom stereocenters. The molecule has 9 heteroatoms. The van der Waals surface area contributed by atoms with E-state index in [1.54, 1.807) is 0 Å². The van der Waals surface area contributed by atoms with E-state index in [4.69, 9.17) is 4.74 Å². The summed E-state index contributed by atoms with van der Waals surface area (Å²) in [5.41, 5.74) is 1.08. The van der Waals surface area contributed by atoms with Gasteiger partial charge in [0.25, 0.3) is 0 Å². The Hall–Kier alpha value is -2.81. The minimum absolute atomic E-state index is 0.0540. The zero-order valence-corrected chi connectivity index (χ0v) is 16.6. The van der Waals surface area contributed by atoms with Crippen LogP contribution in [0.3, 0.4) is 0 Å². The van der Waals surface area contributed by atoms with Crippen LogP contribution in [0.5, 0.6) is 0 Å². The van der Waals surface area contributed by atoms with E-state index in [2.05, 4.69) is 20.5 Å². The number of benzene rings is 2. The van der Waals surface area contributed by atoms with E-state index in [0.29, 0.717) is 18.6 Å². The molecule has 30 heavy (non-hydrogen) atoms. The molecule has 1 aliphatic rings. The Labute approximate surface area is 172 Å². The fraction of sp³-hybridized carbons (Fsp3) is 0.381. The van der Waals surface area contributed by atoms with Gasteiger partial charge in [-0.1, -0.05) is 18.2 Å². The van der Waals surface area contributed by atoms with Gasteiger partial charge in [-0.3, -0.25) is 4.99 Å². The molecular weight excluding hydrogens is 400 g/mol. The molecule has 162 valence electrons. The second-order valence-electron chi connectivity index (χ2n) is 6.84. The number of hydrogen-bond donors (Lipinski definition) is 2. The summed E-state index contributed by atoms with van der Waals surface area (Å²) in [7, 11) is 1.53. The van der Waals surface area contributed by atoms with Crippen LogP contribution in [0.15, 0.2) is 47.5 Å². The van der Waals surface area contributed by atoms with Crippen molar-refractivity contribution in [3.8, 4) is 0 Å². The van der Waals surface area contributed by atoms with Gasteiger partial charge in [-0.2, -0.15) is 13.2 Å². The number of ether oxygens (including phenoxy) is 1. The van der Waals surface area contributed by atoms with Crippen molar-refractivity contribution in [3.63, 3.8) is 0 Å². The Balaban J connectivity index is 1.55. The summed E-state index contributed by atoms with van der Waals surface area (Å²) < 4.78 is 58.0. The molecule has 0 saturated carbocycles. The SMILES string of the molecule is CN=C(NCc1ccc(N2CCOCC2)cc1)NCc1ccc(F)cc1C(F)(F)F. The highest BCUT2D eigenvalue weighted by atomic mass is 19.4. The highest BCUT2D eigenvalue weighted by molar-refractivity contribution is 5.79. The van der Waals surface area contributed by atoms with Crippen molar-refractivity contribution in [2.45, 2.75) is 19.3 Å². The molecule has 1 aliphatic heterocycles. The first-order chi connectivity index (χ1) is 14.4. The van der Waals surface area contributed by atoms with Crippen molar-refractivity contribution in [2.75, 3.05) is 38.3 Å². The van der Waals surface area contributed by atoms with Gasteiger partial charge < -0.3 is 20.3 Å². The zero-order valence-electron chi connectivity index (χ0n) is 16.6. The number of hydrogen-bond acceptors (Lipinski definition) is 3. The average molecular weight is 424 g/mol. The summed E-state index contributed by atoms with van der Waals surface area (Å²) >= 11 is 0. The largest absolute Gasteiger partial charge is 0.416 e. The molecular formula is C21H24F4N4O. The number of nitrogens with one attached hydrogen (secondary N) is 2. The molecule has 0 spiro atoms. The number of aliphatic imine (C=N–C) groups is 1. The number of halogens is 4. The molecule has 2 aromatic carbocycles. The number of rotatable bonds is 5. The number of morpholine rings is 1. The van der Waals surface area contributed by atoms with Gasteiger partial charge in [-0.15, -0.1) is 0 Å². The Kier molecular flexibility index (Phi) is 7.15. The van der Waals surface area contributed by atoms with Crippen LogP contribution < -0.4 is 15.5 Å². The van der Waals surface area contributed by atoms with Crippen LogP contribution in [-0.2, 0) is 24.0 Å². The highest BCUT2D eigenvalue weighted by Gasteiger charge is 2.33. The third-order valence-corrected chi connectivity index (χ3v) is 4.82. The van der Waals surface area contributed by atoms with Crippen LogP contribution in [0.4, 0.5) is 23.2 Å². The molecule has 0 radical (unpaired) electrons. The van der Waals surface area contributed by atoms with Crippen LogP contribution in [0.1, 0.15) is 16.7 Å². The number of guanidine groups is 1. The molecule has 2 N–H and O–H groups in total. The molecule has 1 fully saturated rings. The van der Waals surface area contributed by atoms with Gasteiger partial charge in [-0.05, 0) is 35.4 Å². The topological polar surface area (TPSA) is 48.9 Å². The number of nitrogens with zero attached hydrogens (tertiary/aromatic N) is 2. The van der Waals surface area contributed by atoms with Crippen molar-refractivity contribution >= 4 is 11.6 Å². The van der Waals surface area contributed by atoms with E-state index < -0.39 is 17.6 Å². The summed E-state index contributed by atoms with van der Waals surface area (Å²) in [6, 6.07) is 10.7. The van der Waals surface area contributed by atoms with Crippen molar-refractivity contribution in [2.24, 2.45) is 4.99 Å². The molecule has 0 amide bonds. The van der Waals surface area contributed by atoms with Gasteiger partial charge in [0.05, 0.1) is 18.8 Å². The maximum atomic E-state index is 13.2. The third kappa shape index (κ3) is 5.85. The first-order valence-electron chi connectivity index (χ1n) is 9.58. The molecule has 0 unspecified atom stereocenters. The van der Waals surface area contributed by atoms with Crippen molar-refractivity contribution in [1.29, 1.82) is 0 Å². The maximum absolute atomic E-state index is 13.2. The van der Waals surface area contributed by atoms with Crippen LogP contribution in [0.25, 0.3) is 0 Å². The summed E-state index contributed by atoms with van der Waals surface area (Å²) in [6.07, 6.45) is -4.63.